The molecule has 8 nitrogen and oxygen atoms in total. The fourth-order valence-electron chi connectivity index (χ4n) is 3.33. The molecular formula is C24H20N4O4. The zero-order valence-electron chi connectivity index (χ0n) is 17.6. The molecule has 0 atom stereocenters. The van der Waals surface area contributed by atoms with Gasteiger partial charge in [-0.2, -0.15) is 4.99 Å². The third kappa shape index (κ3) is 3.98. The molecule has 4 rings (SSSR count). The van der Waals surface area contributed by atoms with Crippen LogP contribution >= 0.6 is 0 Å². The Hall–Kier alpha value is -4.33. The molecule has 0 aliphatic heterocycles. The quantitative estimate of drug-likeness (QED) is 0.283. The Morgan fingerprint density at radius 2 is 1.88 bits per heavy atom. The van der Waals surface area contributed by atoms with Gasteiger partial charge >= 0.3 is 5.97 Å². The summed E-state index contributed by atoms with van der Waals surface area (Å²) in [5, 5.41) is 0.213. The van der Waals surface area contributed by atoms with E-state index in [4.69, 9.17) is 4.74 Å². The summed E-state index contributed by atoms with van der Waals surface area (Å²) < 4.78 is 7.99. The first-order valence-electron chi connectivity index (χ1n) is 9.99. The minimum atomic E-state index is -0.679. The smallest absolute Gasteiger partial charge is 0.341 e. The number of benzene rings is 1. The zero-order chi connectivity index (χ0) is 22.7. The van der Waals surface area contributed by atoms with Crippen molar-refractivity contribution in [1.29, 1.82) is 0 Å². The Balaban J connectivity index is 1.95. The van der Waals surface area contributed by atoms with E-state index in [1.165, 1.54) is 21.1 Å². The van der Waals surface area contributed by atoms with Gasteiger partial charge in [-0.3, -0.25) is 14.0 Å². The van der Waals surface area contributed by atoms with Crippen molar-refractivity contribution in [2.24, 2.45) is 12.0 Å². The number of ether oxygens (including phenoxy) is 1. The van der Waals surface area contributed by atoms with Crippen molar-refractivity contribution in [3.63, 3.8) is 0 Å². The fourth-order valence-corrected chi connectivity index (χ4v) is 3.33. The number of hydrogen-bond acceptors (Lipinski definition) is 5. The number of esters is 1. The second-order valence-electron chi connectivity index (χ2n) is 6.94. The van der Waals surface area contributed by atoms with Crippen molar-refractivity contribution >= 4 is 34.6 Å². The largest absolute Gasteiger partial charge is 0.462 e. The van der Waals surface area contributed by atoms with Gasteiger partial charge in [-0.25, -0.2) is 9.78 Å². The highest BCUT2D eigenvalue weighted by molar-refractivity contribution is 5.95. The van der Waals surface area contributed by atoms with Gasteiger partial charge in [-0.1, -0.05) is 36.4 Å². The lowest BCUT2D eigenvalue weighted by atomic mass is 10.2. The van der Waals surface area contributed by atoms with Crippen LogP contribution in [0.2, 0.25) is 0 Å². The van der Waals surface area contributed by atoms with Gasteiger partial charge in [-0.05, 0) is 36.8 Å². The maximum Gasteiger partial charge on any atom is 0.341 e. The maximum atomic E-state index is 13.0. The van der Waals surface area contributed by atoms with Crippen LogP contribution in [0.1, 0.15) is 22.8 Å². The van der Waals surface area contributed by atoms with Crippen molar-refractivity contribution < 1.29 is 14.3 Å². The van der Waals surface area contributed by atoms with Gasteiger partial charge in [-0.15, -0.1) is 0 Å². The monoisotopic (exact) mass is 428 g/mol. The highest BCUT2D eigenvalue weighted by Crippen LogP contribution is 2.10. The summed E-state index contributed by atoms with van der Waals surface area (Å²) in [6.07, 6.45) is 4.55. The lowest BCUT2D eigenvalue weighted by Crippen LogP contribution is -2.31. The SMILES string of the molecule is CCOC(=O)c1cc2c(=O)n3ccccc3nc2n(C)c1=NC(=O)/C=C/c1ccccc1. The van der Waals surface area contributed by atoms with E-state index in [1.807, 2.05) is 30.3 Å². The molecule has 3 heterocycles. The van der Waals surface area contributed by atoms with Crippen LogP contribution in [-0.4, -0.2) is 32.4 Å². The molecule has 160 valence electrons. The number of carbonyl (C=O) groups is 2. The van der Waals surface area contributed by atoms with Crippen LogP contribution in [0.5, 0.6) is 0 Å². The molecule has 0 unspecified atom stereocenters. The van der Waals surface area contributed by atoms with E-state index in [1.54, 1.807) is 44.4 Å². The molecule has 0 saturated carbocycles. The number of pyridine rings is 2. The maximum absolute atomic E-state index is 13.0. The molecular weight excluding hydrogens is 408 g/mol. The average molecular weight is 428 g/mol. The zero-order valence-corrected chi connectivity index (χ0v) is 17.6. The second-order valence-corrected chi connectivity index (χ2v) is 6.94. The topological polar surface area (TPSA) is 95.0 Å². The summed E-state index contributed by atoms with van der Waals surface area (Å²) in [6, 6.07) is 15.9. The molecule has 0 aliphatic rings. The number of carbonyl (C=O) groups excluding carboxylic acids is 2. The number of nitrogens with zero attached hydrogens (tertiary/aromatic N) is 4. The van der Waals surface area contributed by atoms with Gasteiger partial charge in [0, 0.05) is 19.3 Å². The predicted molar refractivity (Wildman–Crippen MR) is 120 cm³/mol. The lowest BCUT2D eigenvalue weighted by Gasteiger charge is -2.11. The van der Waals surface area contributed by atoms with E-state index in [9.17, 15) is 14.4 Å². The average Bonchev–Trinajstić information content (AvgIpc) is 2.81. The Morgan fingerprint density at radius 3 is 2.62 bits per heavy atom. The molecule has 0 aliphatic carbocycles. The van der Waals surface area contributed by atoms with E-state index in [-0.39, 0.29) is 28.6 Å². The highest BCUT2D eigenvalue weighted by Gasteiger charge is 2.18. The molecule has 8 heteroatoms. The Labute approximate surface area is 182 Å². The Kier molecular flexibility index (Phi) is 5.76. The molecule has 1 aromatic carbocycles. The van der Waals surface area contributed by atoms with Crippen molar-refractivity contribution in [2.75, 3.05) is 6.61 Å². The minimum absolute atomic E-state index is 0.0121. The number of amides is 1. The summed E-state index contributed by atoms with van der Waals surface area (Å²) in [6.45, 7) is 1.81. The van der Waals surface area contributed by atoms with Gasteiger partial charge in [0.2, 0.25) is 0 Å². The summed E-state index contributed by atoms with van der Waals surface area (Å²) in [5.74, 6) is -1.24. The number of hydrogen-bond donors (Lipinski definition) is 0. The third-order valence-electron chi connectivity index (χ3n) is 4.84. The number of fused-ring (bicyclic) bond motifs is 2. The van der Waals surface area contributed by atoms with E-state index < -0.39 is 11.9 Å². The van der Waals surface area contributed by atoms with E-state index in [0.29, 0.717) is 11.3 Å². The summed E-state index contributed by atoms with van der Waals surface area (Å²) in [4.78, 5) is 46.9. The van der Waals surface area contributed by atoms with Crippen molar-refractivity contribution in [1.82, 2.24) is 14.0 Å². The molecule has 4 aromatic rings. The van der Waals surface area contributed by atoms with Gasteiger partial charge in [0.05, 0.1) is 12.0 Å². The van der Waals surface area contributed by atoms with Gasteiger partial charge in [0.15, 0.2) is 5.49 Å². The molecule has 1 amide bonds. The van der Waals surface area contributed by atoms with Crippen molar-refractivity contribution in [3.8, 4) is 0 Å². The van der Waals surface area contributed by atoms with Crippen LogP contribution < -0.4 is 11.0 Å². The van der Waals surface area contributed by atoms with Crippen LogP contribution in [-0.2, 0) is 16.6 Å². The first kappa shape index (κ1) is 20.9. The molecule has 0 fully saturated rings. The molecule has 0 bridgehead atoms. The Morgan fingerprint density at radius 1 is 1.12 bits per heavy atom. The van der Waals surface area contributed by atoms with E-state index in [2.05, 4.69) is 9.98 Å². The van der Waals surface area contributed by atoms with Crippen molar-refractivity contribution in [3.05, 3.63) is 93.8 Å². The molecule has 0 radical (unpaired) electrons. The Bertz CT molecular complexity index is 1500. The molecule has 3 aromatic heterocycles. The first-order valence-corrected chi connectivity index (χ1v) is 9.99. The molecule has 0 N–H and O–H groups in total. The van der Waals surface area contributed by atoms with Crippen LogP contribution in [0.15, 0.2) is 76.7 Å². The van der Waals surface area contributed by atoms with E-state index >= 15 is 0 Å². The van der Waals surface area contributed by atoms with Crippen molar-refractivity contribution in [2.45, 2.75) is 6.92 Å². The standard InChI is InChI=1S/C24H20N4O4/c1-3-32-24(31)18-15-17-21(25-19-11-7-8-14-28(19)23(17)30)27(2)22(18)26-20(29)13-12-16-9-5-4-6-10-16/h4-15H,3H2,1-2H3/b13-12+,26-22?. The molecule has 0 saturated heterocycles. The van der Waals surface area contributed by atoms with Gasteiger partial charge < -0.3 is 9.30 Å². The molecule has 0 spiro atoms. The third-order valence-corrected chi connectivity index (χ3v) is 4.84. The van der Waals surface area contributed by atoms with E-state index in [0.717, 1.165) is 5.56 Å². The van der Waals surface area contributed by atoms with Crippen LogP contribution in [0.25, 0.3) is 22.8 Å². The van der Waals surface area contributed by atoms with Crippen LogP contribution in [0.3, 0.4) is 0 Å². The van der Waals surface area contributed by atoms with Crippen LogP contribution in [0.4, 0.5) is 0 Å². The fraction of sp³-hybridized carbons (Fsp3) is 0.125. The van der Waals surface area contributed by atoms with Crippen LogP contribution in [0, 0.1) is 0 Å². The van der Waals surface area contributed by atoms with Gasteiger partial charge in [0.25, 0.3) is 11.5 Å². The number of aromatic nitrogens is 3. The normalized spacial score (nSPS) is 12.0. The minimum Gasteiger partial charge on any atom is -0.462 e. The lowest BCUT2D eigenvalue weighted by molar-refractivity contribution is -0.113. The summed E-state index contributed by atoms with van der Waals surface area (Å²) in [7, 11) is 1.60. The highest BCUT2D eigenvalue weighted by atomic mass is 16.5. The second kappa shape index (κ2) is 8.81. The van der Waals surface area contributed by atoms with Gasteiger partial charge in [0.1, 0.15) is 16.9 Å². The number of aryl methyl sites for hydroxylation is 1. The predicted octanol–water partition coefficient (Wildman–Crippen LogP) is 2.50. The first-order chi connectivity index (χ1) is 15.5. The number of rotatable bonds is 4. The molecule has 32 heavy (non-hydrogen) atoms. The summed E-state index contributed by atoms with van der Waals surface area (Å²) >= 11 is 0. The summed E-state index contributed by atoms with van der Waals surface area (Å²) in [5.41, 5.74) is 1.31.